The summed E-state index contributed by atoms with van der Waals surface area (Å²) in [5.41, 5.74) is 0.144. The number of rotatable bonds is 5. The molecule has 3 aliphatic rings. The van der Waals surface area contributed by atoms with E-state index in [1.54, 1.807) is 26.3 Å². The van der Waals surface area contributed by atoms with Gasteiger partial charge in [-0.3, -0.25) is 9.59 Å². The Morgan fingerprint density at radius 3 is 3.00 bits per heavy atom. The summed E-state index contributed by atoms with van der Waals surface area (Å²) in [6.45, 7) is 3.62. The Morgan fingerprint density at radius 1 is 1.48 bits per heavy atom. The zero-order chi connectivity index (χ0) is 22.0. The lowest BCUT2D eigenvalue weighted by Gasteiger charge is -2.29. The molecule has 1 amide bonds. The molecule has 2 N–H and O–H groups in total. The molecule has 0 radical (unpaired) electrons. The van der Waals surface area contributed by atoms with Gasteiger partial charge >= 0.3 is 0 Å². The van der Waals surface area contributed by atoms with Crippen molar-refractivity contribution < 1.29 is 28.6 Å². The summed E-state index contributed by atoms with van der Waals surface area (Å²) in [5, 5.41) is 9.90. The number of amides is 1. The summed E-state index contributed by atoms with van der Waals surface area (Å²) >= 11 is 0. The standard InChI is InChI=1S/C19H23N5O4.CH2O2/c1-11-22-14(9-27-11)17(25)21-7-12-13-8-24(10-19(13)5-3-15(12)28-19)18-20-6-4-16(23-18)26-2;2-1-3/h4,6,9,12-13,15H,3,5,7-8,10H2,1-2H3,(H,21,25);1H,(H,2,3)/t12-,13+,15+,19+;/m0./s1. The number of methoxy groups -OCH3 is 1. The van der Waals surface area contributed by atoms with Crippen molar-refractivity contribution >= 4 is 18.3 Å². The van der Waals surface area contributed by atoms with Gasteiger partial charge < -0.3 is 29.2 Å². The third-order valence-electron chi connectivity index (χ3n) is 6.24. The highest BCUT2D eigenvalue weighted by Crippen LogP contribution is 2.55. The van der Waals surface area contributed by atoms with E-state index in [0.717, 1.165) is 25.9 Å². The topological polar surface area (TPSA) is 140 Å². The van der Waals surface area contributed by atoms with Gasteiger partial charge in [0.05, 0.1) is 25.4 Å². The van der Waals surface area contributed by atoms with Crippen molar-refractivity contribution in [1.29, 1.82) is 0 Å². The van der Waals surface area contributed by atoms with E-state index >= 15 is 0 Å². The summed E-state index contributed by atoms with van der Waals surface area (Å²) in [6, 6.07) is 1.74. The Labute approximate surface area is 178 Å². The van der Waals surface area contributed by atoms with E-state index in [4.69, 9.17) is 23.8 Å². The normalized spacial score (nSPS) is 27.9. The minimum atomic E-state index is -0.250. The third kappa shape index (κ3) is 3.92. The Morgan fingerprint density at radius 2 is 2.29 bits per heavy atom. The van der Waals surface area contributed by atoms with Gasteiger partial charge in [-0.25, -0.2) is 9.97 Å². The van der Waals surface area contributed by atoms with Crippen molar-refractivity contribution in [2.24, 2.45) is 11.8 Å². The second-order valence-electron chi connectivity index (χ2n) is 7.88. The summed E-state index contributed by atoms with van der Waals surface area (Å²) in [6.07, 6.45) is 5.35. The van der Waals surface area contributed by atoms with E-state index in [2.05, 4.69) is 25.2 Å². The monoisotopic (exact) mass is 431 g/mol. The number of nitrogens with one attached hydrogen (secondary N) is 1. The molecule has 166 valence electrons. The fourth-order valence-corrected chi connectivity index (χ4v) is 4.98. The Hall–Kier alpha value is -3.21. The zero-order valence-corrected chi connectivity index (χ0v) is 17.4. The molecule has 2 aromatic rings. The molecule has 0 aliphatic carbocycles. The molecule has 1 spiro atoms. The Kier molecular flexibility index (Phi) is 5.77. The number of aromatic nitrogens is 3. The van der Waals surface area contributed by atoms with Crippen LogP contribution in [0.5, 0.6) is 5.88 Å². The lowest BCUT2D eigenvalue weighted by atomic mass is 9.73. The number of carbonyl (C=O) groups excluding carboxylic acids is 1. The summed E-state index contributed by atoms with van der Waals surface area (Å²) in [4.78, 5) is 35.8. The molecule has 3 saturated heterocycles. The average molecular weight is 431 g/mol. The van der Waals surface area contributed by atoms with E-state index in [9.17, 15) is 4.79 Å². The van der Waals surface area contributed by atoms with E-state index in [-0.39, 0.29) is 30.0 Å². The van der Waals surface area contributed by atoms with Gasteiger partial charge in [-0.1, -0.05) is 0 Å². The molecule has 0 unspecified atom stereocenters. The number of nitrogens with zero attached hydrogens (tertiary/aromatic N) is 4. The van der Waals surface area contributed by atoms with E-state index in [1.165, 1.54) is 6.26 Å². The molecule has 3 aliphatic heterocycles. The lowest BCUT2D eigenvalue weighted by molar-refractivity contribution is -0.122. The SMILES string of the molecule is COc1ccnc(N2C[C@@H]3[C@H](CNC(=O)c4coc(C)n4)[C@H]4CC[C@]3(C2)O4)n1.O=CO. The van der Waals surface area contributed by atoms with Gasteiger partial charge in [0.25, 0.3) is 12.4 Å². The second-order valence-corrected chi connectivity index (χ2v) is 7.88. The maximum Gasteiger partial charge on any atom is 0.290 e. The average Bonchev–Trinajstić information content (AvgIpc) is 3.53. The number of carboxylic acid groups (broad SMARTS) is 1. The van der Waals surface area contributed by atoms with Gasteiger partial charge in [0.15, 0.2) is 11.6 Å². The minimum absolute atomic E-state index is 0.170. The second kappa shape index (κ2) is 8.50. The largest absolute Gasteiger partial charge is 0.483 e. The van der Waals surface area contributed by atoms with Gasteiger partial charge in [-0.05, 0) is 12.8 Å². The lowest BCUT2D eigenvalue weighted by Crippen LogP contribution is -2.42. The van der Waals surface area contributed by atoms with Crippen molar-refractivity contribution in [2.45, 2.75) is 31.5 Å². The predicted octanol–water partition coefficient (Wildman–Crippen LogP) is 0.896. The molecular formula is C20H25N5O6. The van der Waals surface area contributed by atoms with Crippen LogP contribution >= 0.6 is 0 Å². The molecule has 2 aromatic heterocycles. The maximum atomic E-state index is 12.3. The number of hydrogen-bond donors (Lipinski definition) is 2. The number of ether oxygens (including phenoxy) is 2. The van der Waals surface area contributed by atoms with Crippen LogP contribution in [0.1, 0.15) is 29.2 Å². The molecule has 2 bridgehead atoms. The Bertz CT molecular complexity index is 952. The van der Waals surface area contributed by atoms with Gasteiger partial charge in [0.1, 0.15) is 6.26 Å². The summed E-state index contributed by atoms with van der Waals surface area (Å²) < 4.78 is 16.8. The summed E-state index contributed by atoms with van der Waals surface area (Å²) in [5.74, 6) is 2.09. The van der Waals surface area contributed by atoms with Crippen molar-refractivity contribution in [1.82, 2.24) is 20.3 Å². The number of carbonyl (C=O) groups is 2. The maximum absolute atomic E-state index is 12.3. The van der Waals surface area contributed by atoms with Crippen molar-refractivity contribution in [2.75, 3.05) is 31.6 Å². The number of fused-ring (bicyclic) bond motifs is 1. The highest BCUT2D eigenvalue weighted by molar-refractivity contribution is 5.91. The van der Waals surface area contributed by atoms with E-state index in [0.29, 0.717) is 35.9 Å². The first-order valence-electron chi connectivity index (χ1n) is 10.1. The van der Waals surface area contributed by atoms with Crippen molar-refractivity contribution in [3.05, 3.63) is 30.1 Å². The van der Waals surface area contributed by atoms with Crippen LogP contribution in [0.2, 0.25) is 0 Å². The molecule has 11 nitrogen and oxygen atoms in total. The van der Waals surface area contributed by atoms with E-state index in [1.807, 2.05) is 0 Å². The van der Waals surface area contributed by atoms with Crippen molar-refractivity contribution in [3.63, 3.8) is 0 Å². The van der Waals surface area contributed by atoms with Crippen LogP contribution in [-0.4, -0.2) is 70.9 Å². The minimum Gasteiger partial charge on any atom is -0.483 e. The first-order chi connectivity index (χ1) is 15.0. The van der Waals surface area contributed by atoms with Gasteiger partial charge in [0.2, 0.25) is 11.8 Å². The van der Waals surface area contributed by atoms with Crippen LogP contribution in [0.4, 0.5) is 5.95 Å². The molecule has 3 fully saturated rings. The first-order valence-corrected chi connectivity index (χ1v) is 10.1. The first kappa shape index (κ1) is 21.0. The molecule has 5 heterocycles. The van der Waals surface area contributed by atoms with Crippen LogP contribution in [0, 0.1) is 18.8 Å². The van der Waals surface area contributed by atoms with Crippen LogP contribution in [0.25, 0.3) is 0 Å². The molecule has 11 heteroatoms. The quantitative estimate of drug-likeness (QED) is 0.656. The van der Waals surface area contributed by atoms with Crippen LogP contribution in [0.15, 0.2) is 22.9 Å². The molecule has 0 saturated carbocycles. The molecule has 5 rings (SSSR count). The number of aryl methyl sites for hydroxylation is 1. The summed E-state index contributed by atoms with van der Waals surface area (Å²) in [7, 11) is 1.60. The van der Waals surface area contributed by atoms with Gasteiger partial charge in [-0.15, -0.1) is 0 Å². The zero-order valence-electron chi connectivity index (χ0n) is 17.4. The molecular weight excluding hydrogens is 406 g/mol. The number of oxazole rings is 1. The number of anilines is 1. The Balaban J connectivity index is 0.000000730. The van der Waals surface area contributed by atoms with E-state index < -0.39 is 0 Å². The fourth-order valence-electron chi connectivity index (χ4n) is 4.98. The predicted molar refractivity (Wildman–Crippen MR) is 107 cm³/mol. The highest BCUT2D eigenvalue weighted by Gasteiger charge is 2.63. The van der Waals surface area contributed by atoms with Crippen LogP contribution < -0.4 is 15.0 Å². The smallest absolute Gasteiger partial charge is 0.290 e. The fraction of sp³-hybridized carbons (Fsp3) is 0.550. The molecule has 31 heavy (non-hydrogen) atoms. The highest BCUT2D eigenvalue weighted by atomic mass is 16.5. The van der Waals surface area contributed by atoms with Crippen LogP contribution in [0.3, 0.4) is 0 Å². The number of hydrogen-bond acceptors (Lipinski definition) is 9. The van der Waals surface area contributed by atoms with Crippen molar-refractivity contribution in [3.8, 4) is 5.88 Å². The van der Waals surface area contributed by atoms with Crippen LogP contribution in [-0.2, 0) is 9.53 Å². The van der Waals surface area contributed by atoms with Gasteiger partial charge in [0, 0.05) is 44.1 Å². The molecule has 4 atom stereocenters. The van der Waals surface area contributed by atoms with Gasteiger partial charge in [-0.2, -0.15) is 4.98 Å². The molecule has 0 aromatic carbocycles. The third-order valence-corrected chi connectivity index (χ3v) is 6.24.